The van der Waals surface area contributed by atoms with Crippen molar-refractivity contribution in [2.45, 2.75) is 143 Å². The van der Waals surface area contributed by atoms with Crippen LogP contribution in [0.3, 0.4) is 0 Å². The quantitative estimate of drug-likeness (QED) is 0.409. The molecule has 1 N–H and O–H groups in total. The van der Waals surface area contributed by atoms with Crippen LogP contribution in [-0.4, -0.2) is 53.6 Å². The largest absolute Gasteiger partial charge is 0.443 e. The molecular weight excluding hydrogens is 486 g/mol. The second kappa shape index (κ2) is 8.62. The zero-order valence-electron chi connectivity index (χ0n) is 25.6. The van der Waals surface area contributed by atoms with Crippen LogP contribution in [0.5, 0.6) is 0 Å². The predicted octanol–water partition coefficient (Wildman–Crippen LogP) is 7.20. The van der Waals surface area contributed by atoms with Gasteiger partial charge in [-0.2, -0.15) is 0 Å². The summed E-state index contributed by atoms with van der Waals surface area (Å²) in [6.45, 7) is 15.9. The topological polar surface area (TPSA) is 59.0 Å². The molecular formula is C34H55NO4. The molecule has 7 rings (SSSR count). The molecule has 11 atom stereocenters. The first-order valence-electron chi connectivity index (χ1n) is 16.7. The average Bonchev–Trinajstić information content (AvgIpc) is 3.45. The molecule has 5 heteroatoms. The lowest BCUT2D eigenvalue weighted by Gasteiger charge is -2.64. The lowest BCUT2D eigenvalue weighted by atomic mass is 9.41. The van der Waals surface area contributed by atoms with E-state index in [1.54, 1.807) is 0 Å². The van der Waals surface area contributed by atoms with Crippen LogP contribution in [0.4, 0.5) is 4.79 Å². The number of fused-ring (bicyclic) bond motifs is 4. The molecule has 2 spiro atoms. The molecule has 2 aliphatic heterocycles. The second-order valence-electron chi connectivity index (χ2n) is 16.5. The van der Waals surface area contributed by atoms with Crippen molar-refractivity contribution >= 4 is 6.09 Å². The Morgan fingerprint density at radius 2 is 1.72 bits per heavy atom. The van der Waals surface area contributed by atoms with E-state index in [4.69, 9.17) is 9.47 Å². The van der Waals surface area contributed by atoms with Gasteiger partial charge in [-0.1, -0.05) is 41.5 Å². The molecule has 7 fully saturated rings. The highest BCUT2D eigenvalue weighted by Gasteiger charge is 2.83. The van der Waals surface area contributed by atoms with Gasteiger partial charge < -0.3 is 19.5 Å². The summed E-state index contributed by atoms with van der Waals surface area (Å²) >= 11 is 0. The summed E-state index contributed by atoms with van der Waals surface area (Å²) in [5.41, 5.74) is 1.73. The van der Waals surface area contributed by atoms with Crippen molar-refractivity contribution in [2.75, 3.05) is 13.1 Å². The number of hydrogen-bond acceptors (Lipinski definition) is 4. The summed E-state index contributed by atoms with van der Waals surface area (Å²) in [6, 6.07) is 0. The first kappa shape index (κ1) is 27.0. The maximum absolute atomic E-state index is 12.8. The molecule has 5 saturated carbocycles. The number of carbonyl (C=O) groups excluding carboxylic acids is 1. The van der Waals surface area contributed by atoms with E-state index in [0.29, 0.717) is 39.6 Å². The summed E-state index contributed by atoms with van der Waals surface area (Å²) in [5, 5.41) is 11.0. The minimum absolute atomic E-state index is 0.0201. The van der Waals surface area contributed by atoms with Crippen LogP contribution in [0.25, 0.3) is 0 Å². The highest BCUT2D eigenvalue weighted by molar-refractivity contribution is 5.68. The number of likely N-dealkylation sites (tertiary alicyclic amines) is 1. The smallest absolute Gasteiger partial charge is 0.410 e. The molecule has 5 nitrogen and oxygen atoms in total. The standard InChI is InChI=1S/C34H55NO4/c1-7-32-19-24-22(9-10-23(38-24)28(21(2)3)39-29(37)35-17-8-18-35)31(32,6)15-16-34-20-33(34)14-13-27(36)30(4,5)25(33)11-12-26(32)34/h21-28,36H,7-20H2,1-6H3. The Kier molecular flexibility index (Phi) is 5.98. The van der Waals surface area contributed by atoms with Crippen molar-refractivity contribution in [3.63, 3.8) is 0 Å². The third-order valence-electron chi connectivity index (χ3n) is 15.0. The maximum atomic E-state index is 12.8. The van der Waals surface area contributed by atoms with Crippen LogP contribution >= 0.6 is 0 Å². The molecule has 2 heterocycles. The van der Waals surface area contributed by atoms with Crippen LogP contribution < -0.4 is 0 Å². The van der Waals surface area contributed by atoms with E-state index in [1.807, 2.05) is 4.90 Å². The third-order valence-corrected chi connectivity index (χ3v) is 15.0. The minimum atomic E-state index is -0.156. The lowest BCUT2D eigenvalue weighted by Crippen LogP contribution is -2.58. The van der Waals surface area contributed by atoms with Gasteiger partial charge in [-0.15, -0.1) is 0 Å². The van der Waals surface area contributed by atoms with Crippen molar-refractivity contribution in [1.82, 2.24) is 4.90 Å². The van der Waals surface area contributed by atoms with Gasteiger partial charge in [0.2, 0.25) is 0 Å². The van der Waals surface area contributed by atoms with Crippen LogP contribution in [0, 0.1) is 50.7 Å². The first-order chi connectivity index (χ1) is 18.5. The Morgan fingerprint density at radius 3 is 2.38 bits per heavy atom. The molecule has 0 radical (unpaired) electrons. The summed E-state index contributed by atoms with van der Waals surface area (Å²) < 4.78 is 13.2. The monoisotopic (exact) mass is 541 g/mol. The molecule has 0 bridgehead atoms. The molecule has 2 saturated heterocycles. The first-order valence-corrected chi connectivity index (χ1v) is 16.7. The van der Waals surface area contributed by atoms with E-state index in [9.17, 15) is 9.90 Å². The highest BCUT2D eigenvalue weighted by atomic mass is 16.6. The number of aliphatic hydroxyl groups excluding tert-OH is 1. The number of aliphatic hydroxyl groups is 1. The van der Waals surface area contributed by atoms with E-state index >= 15 is 0 Å². The van der Waals surface area contributed by atoms with Crippen LogP contribution in [0.2, 0.25) is 0 Å². The Labute approximate surface area is 237 Å². The number of carbonyl (C=O) groups is 1. The number of rotatable bonds is 4. The number of nitrogens with zero attached hydrogens (tertiary/aromatic N) is 1. The van der Waals surface area contributed by atoms with E-state index in [0.717, 1.165) is 38.3 Å². The Hall–Kier alpha value is -0.810. The summed E-state index contributed by atoms with van der Waals surface area (Å²) in [5.74, 6) is 2.36. The van der Waals surface area contributed by atoms with Crippen molar-refractivity contribution in [3.8, 4) is 0 Å². The van der Waals surface area contributed by atoms with Gasteiger partial charge in [0, 0.05) is 13.1 Å². The van der Waals surface area contributed by atoms with Gasteiger partial charge in [0.1, 0.15) is 6.10 Å². The maximum Gasteiger partial charge on any atom is 0.410 e. The molecule has 0 aromatic rings. The zero-order valence-corrected chi connectivity index (χ0v) is 25.6. The van der Waals surface area contributed by atoms with Gasteiger partial charge in [-0.25, -0.2) is 4.79 Å². The fraction of sp³-hybridized carbons (Fsp3) is 0.971. The number of ether oxygens (including phenoxy) is 2. The van der Waals surface area contributed by atoms with Crippen molar-refractivity contribution in [3.05, 3.63) is 0 Å². The average molecular weight is 542 g/mol. The fourth-order valence-corrected chi connectivity index (χ4v) is 12.9. The van der Waals surface area contributed by atoms with Crippen LogP contribution in [-0.2, 0) is 9.47 Å². The zero-order chi connectivity index (χ0) is 27.6. The molecule has 0 aromatic heterocycles. The number of amides is 1. The van der Waals surface area contributed by atoms with Gasteiger partial charge in [0.15, 0.2) is 0 Å². The minimum Gasteiger partial charge on any atom is -0.443 e. The molecule has 11 unspecified atom stereocenters. The molecule has 220 valence electrons. The molecule has 0 aromatic carbocycles. The molecule has 5 aliphatic carbocycles. The summed E-state index contributed by atoms with van der Waals surface area (Å²) in [7, 11) is 0. The van der Waals surface area contributed by atoms with E-state index in [-0.39, 0.29) is 35.7 Å². The fourth-order valence-electron chi connectivity index (χ4n) is 12.9. The van der Waals surface area contributed by atoms with Crippen molar-refractivity contribution < 1.29 is 19.4 Å². The summed E-state index contributed by atoms with van der Waals surface area (Å²) in [4.78, 5) is 14.6. The van der Waals surface area contributed by atoms with Crippen LogP contribution in [0.1, 0.15) is 119 Å². The van der Waals surface area contributed by atoms with Gasteiger partial charge in [-0.05, 0) is 128 Å². The second-order valence-corrected chi connectivity index (χ2v) is 16.5. The third kappa shape index (κ3) is 3.30. The van der Waals surface area contributed by atoms with Gasteiger partial charge >= 0.3 is 6.09 Å². The van der Waals surface area contributed by atoms with Gasteiger partial charge in [0.25, 0.3) is 0 Å². The molecule has 1 amide bonds. The van der Waals surface area contributed by atoms with Gasteiger partial charge in [-0.3, -0.25) is 0 Å². The van der Waals surface area contributed by atoms with Crippen molar-refractivity contribution in [1.29, 1.82) is 0 Å². The van der Waals surface area contributed by atoms with Crippen LogP contribution in [0.15, 0.2) is 0 Å². The van der Waals surface area contributed by atoms with E-state index in [2.05, 4.69) is 41.5 Å². The Morgan fingerprint density at radius 1 is 1.00 bits per heavy atom. The number of hydrogen-bond donors (Lipinski definition) is 1. The Balaban J connectivity index is 1.15. The van der Waals surface area contributed by atoms with Crippen molar-refractivity contribution in [2.24, 2.45) is 50.7 Å². The predicted molar refractivity (Wildman–Crippen MR) is 152 cm³/mol. The SMILES string of the molecule is CCC12CC3OC(C(OC(=O)N4CCC4)C(C)C)CCC3C1(C)CCC13CC14CCC(O)C(C)(C)C4CCC23. The molecule has 7 aliphatic rings. The normalized spacial score (nSPS) is 51.9. The highest BCUT2D eigenvalue weighted by Crippen LogP contribution is 2.89. The molecule has 39 heavy (non-hydrogen) atoms. The van der Waals surface area contributed by atoms with E-state index < -0.39 is 0 Å². The Bertz CT molecular complexity index is 1010. The van der Waals surface area contributed by atoms with E-state index in [1.165, 1.54) is 57.8 Å². The lowest BCUT2D eigenvalue weighted by molar-refractivity contribution is -0.170. The summed E-state index contributed by atoms with van der Waals surface area (Å²) in [6.07, 6.45) is 14.7. The van der Waals surface area contributed by atoms with Gasteiger partial charge in [0.05, 0.1) is 18.3 Å².